The third-order valence-electron chi connectivity index (χ3n) is 4.14. The Kier molecular flexibility index (Phi) is 3.29. The lowest BCUT2D eigenvalue weighted by molar-refractivity contribution is 0.0595. The van der Waals surface area contributed by atoms with Crippen molar-refractivity contribution in [2.24, 2.45) is 0 Å². The molecule has 2 aliphatic rings. The Labute approximate surface area is 112 Å². The molecular weight excluding hydrogens is 244 g/mol. The predicted octanol–water partition coefficient (Wildman–Crippen LogP) is 2.58. The number of hydrogen-bond acceptors (Lipinski definition) is 3. The van der Waals surface area contributed by atoms with Gasteiger partial charge in [0.2, 0.25) is 0 Å². The van der Waals surface area contributed by atoms with Crippen molar-refractivity contribution in [3.63, 3.8) is 0 Å². The van der Waals surface area contributed by atoms with E-state index in [1.54, 1.807) is 6.20 Å². The summed E-state index contributed by atoms with van der Waals surface area (Å²) in [5.41, 5.74) is 0.594. The zero-order valence-electron chi connectivity index (χ0n) is 10.6. The first-order valence-corrected chi connectivity index (χ1v) is 7.85. The molecule has 1 aromatic rings. The summed E-state index contributed by atoms with van der Waals surface area (Å²) in [6.07, 6.45) is 8.51. The maximum absolute atomic E-state index is 12.5. The van der Waals surface area contributed by atoms with Crippen LogP contribution < -0.4 is 0 Å². The first-order chi connectivity index (χ1) is 8.79. The van der Waals surface area contributed by atoms with Gasteiger partial charge >= 0.3 is 0 Å². The Balaban J connectivity index is 1.80. The second-order valence-electron chi connectivity index (χ2n) is 5.14. The third-order valence-corrected chi connectivity index (χ3v) is 5.19. The predicted molar refractivity (Wildman–Crippen MR) is 73.8 cm³/mol. The maximum atomic E-state index is 12.5. The van der Waals surface area contributed by atoms with Gasteiger partial charge in [0.15, 0.2) is 0 Å². The molecule has 96 valence electrons. The van der Waals surface area contributed by atoms with E-state index < -0.39 is 0 Å². The topological polar surface area (TPSA) is 33.2 Å². The number of rotatable bonds is 2. The smallest absolute Gasteiger partial charge is 0.272 e. The number of hydrogen-bond donors (Lipinski definition) is 0. The number of nitrogens with zero attached hydrogens (tertiary/aromatic N) is 2. The molecule has 3 rings (SSSR count). The van der Waals surface area contributed by atoms with Gasteiger partial charge in [-0.3, -0.25) is 9.78 Å². The van der Waals surface area contributed by atoms with E-state index in [2.05, 4.69) is 16.1 Å². The lowest BCUT2D eigenvalue weighted by atomic mass is 10.0. The van der Waals surface area contributed by atoms with Gasteiger partial charge in [-0.05, 0) is 44.1 Å². The maximum Gasteiger partial charge on any atom is 0.272 e. The molecule has 1 amide bonds. The van der Waals surface area contributed by atoms with Crippen LogP contribution in [-0.2, 0) is 0 Å². The Morgan fingerprint density at radius 1 is 1.33 bits per heavy atom. The fourth-order valence-corrected chi connectivity index (χ4v) is 4.10. The van der Waals surface area contributed by atoms with E-state index in [0.717, 1.165) is 18.1 Å². The van der Waals surface area contributed by atoms with E-state index in [4.69, 9.17) is 0 Å². The van der Waals surface area contributed by atoms with Crippen LogP contribution >= 0.6 is 11.8 Å². The average Bonchev–Trinajstić information content (AvgIpc) is 2.69. The largest absolute Gasteiger partial charge is 0.331 e. The fourth-order valence-electron chi connectivity index (χ4n) is 3.27. The highest BCUT2D eigenvalue weighted by Gasteiger charge is 2.43. The van der Waals surface area contributed by atoms with E-state index >= 15 is 0 Å². The first-order valence-electron chi connectivity index (χ1n) is 6.56. The molecule has 0 saturated carbocycles. The SMILES string of the molecule is CSC1C[C@H]2CC[C@@H](C1)N2C(=O)c1ccccn1. The molecule has 2 bridgehead atoms. The first kappa shape index (κ1) is 12.0. The molecule has 3 atom stereocenters. The van der Waals surface area contributed by atoms with Gasteiger partial charge in [0.1, 0.15) is 5.69 Å². The summed E-state index contributed by atoms with van der Waals surface area (Å²) in [6.45, 7) is 0. The van der Waals surface area contributed by atoms with Crippen LogP contribution in [0.25, 0.3) is 0 Å². The van der Waals surface area contributed by atoms with Gasteiger partial charge in [0, 0.05) is 23.5 Å². The summed E-state index contributed by atoms with van der Waals surface area (Å²) in [5, 5.41) is 0.732. The highest BCUT2D eigenvalue weighted by Crippen LogP contribution is 2.40. The number of pyridine rings is 1. The summed E-state index contributed by atoms with van der Waals surface area (Å²) >= 11 is 1.95. The Hall–Kier alpha value is -1.03. The lowest BCUT2D eigenvalue weighted by Crippen LogP contribution is -2.47. The zero-order chi connectivity index (χ0) is 12.5. The number of thioether (sulfide) groups is 1. The summed E-state index contributed by atoms with van der Waals surface area (Å²) in [6, 6.07) is 6.44. The summed E-state index contributed by atoms with van der Waals surface area (Å²) in [4.78, 5) is 18.8. The minimum absolute atomic E-state index is 0.127. The molecule has 2 saturated heterocycles. The molecule has 1 unspecified atom stereocenters. The number of carbonyl (C=O) groups is 1. The highest BCUT2D eigenvalue weighted by atomic mass is 32.2. The molecule has 3 heterocycles. The molecule has 0 aliphatic carbocycles. The van der Waals surface area contributed by atoms with E-state index in [-0.39, 0.29) is 5.91 Å². The molecule has 1 aromatic heterocycles. The quantitative estimate of drug-likeness (QED) is 0.821. The summed E-state index contributed by atoms with van der Waals surface area (Å²) in [7, 11) is 0. The van der Waals surface area contributed by atoms with Gasteiger partial charge in [0.25, 0.3) is 5.91 Å². The molecule has 2 fully saturated rings. The van der Waals surface area contributed by atoms with Crippen LogP contribution in [0.2, 0.25) is 0 Å². The Morgan fingerprint density at radius 2 is 2.06 bits per heavy atom. The van der Waals surface area contributed by atoms with E-state index in [0.29, 0.717) is 17.8 Å². The van der Waals surface area contributed by atoms with Crippen LogP contribution in [0.15, 0.2) is 24.4 Å². The van der Waals surface area contributed by atoms with Crippen molar-refractivity contribution >= 4 is 17.7 Å². The molecule has 0 aromatic carbocycles. The Morgan fingerprint density at radius 3 is 2.61 bits per heavy atom. The molecule has 0 radical (unpaired) electrons. The molecule has 0 spiro atoms. The van der Waals surface area contributed by atoms with E-state index in [9.17, 15) is 4.79 Å². The van der Waals surface area contributed by atoms with Gasteiger partial charge in [-0.1, -0.05) is 6.07 Å². The fraction of sp³-hybridized carbons (Fsp3) is 0.571. The third kappa shape index (κ3) is 2.03. The lowest BCUT2D eigenvalue weighted by Gasteiger charge is -2.38. The molecular formula is C14H18N2OS. The highest BCUT2D eigenvalue weighted by molar-refractivity contribution is 7.99. The van der Waals surface area contributed by atoms with Crippen molar-refractivity contribution in [1.29, 1.82) is 0 Å². The summed E-state index contributed by atoms with van der Waals surface area (Å²) in [5.74, 6) is 0.127. The second-order valence-corrected chi connectivity index (χ2v) is 6.28. The minimum Gasteiger partial charge on any atom is -0.331 e. The molecule has 0 N–H and O–H groups in total. The monoisotopic (exact) mass is 262 g/mol. The second kappa shape index (κ2) is 4.92. The minimum atomic E-state index is 0.127. The summed E-state index contributed by atoms with van der Waals surface area (Å²) < 4.78 is 0. The number of aromatic nitrogens is 1. The van der Waals surface area contributed by atoms with Gasteiger partial charge in [-0.15, -0.1) is 0 Å². The van der Waals surface area contributed by atoms with Crippen LogP contribution in [0.1, 0.15) is 36.2 Å². The Bertz CT molecular complexity index is 423. The van der Waals surface area contributed by atoms with Crippen molar-refractivity contribution in [3.05, 3.63) is 30.1 Å². The molecule has 3 nitrogen and oxygen atoms in total. The van der Waals surface area contributed by atoms with Gasteiger partial charge in [0.05, 0.1) is 0 Å². The zero-order valence-corrected chi connectivity index (χ0v) is 11.4. The molecule has 4 heteroatoms. The van der Waals surface area contributed by atoms with Crippen LogP contribution in [0, 0.1) is 0 Å². The van der Waals surface area contributed by atoms with E-state index in [1.807, 2.05) is 30.0 Å². The van der Waals surface area contributed by atoms with Crippen molar-refractivity contribution in [2.75, 3.05) is 6.26 Å². The van der Waals surface area contributed by atoms with Gasteiger partial charge in [-0.2, -0.15) is 11.8 Å². The number of carbonyl (C=O) groups excluding carboxylic acids is 1. The number of piperidine rings is 1. The molecule has 18 heavy (non-hydrogen) atoms. The van der Waals surface area contributed by atoms with Gasteiger partial charge < -0.3 is 4.90 Å². The van der Waals surface area contributed by atoms with Crippen LogP contribution in [0.4, 0.5) is 0 Å². The molecule has 2 aliphatic heterocycles. The van der Waals surface area contributed by atoms with Crippen molar-refractivity contribution in [3.8, 4) is 0 Å². The van der Waals surface area contributed by atoms with Crippen LogP contribution in [0.5, 0.6) is 0 Å². The van der Waals surface area contributed by atoms with Crippen LogP contribution in [-0.4, -0.2) is 39.4 Å². The van der Waals surface area contributed by atoms with Crippen molar-refractivity contribution < 1.29 is 4.79 Å². The standard InChI is InChI=1S/C14H18N2OS/c1-18-12-8-10-5-6-11(9-12)16(10)14(17)13-4-2-3-7-15-13/h2-4,7,10-12H,5-6,8-9H2,1H3/t10-,11+,12?. The number of amides is 1. The van der Waals surface area contributed by atoms with Gasteiger partial charge in [-0.25, -0.2) is 0 Å². The van der Waals surface area contributed by atoms with Crippen molar-refractivity contribution in [2.45, 2.75) is 43.0 Å². The average molecular weight is 262 g/mol. The van der Waals surface area contributed by atoms with Crippen LogP contribution in [0.3, 0.4) is 0 Å². The number of fused-ring (bicyclic) bond motifs is 2. The normalized spacial score (nSPS) is 30.5. The van der Waals surface area contributed by atoms with Crippen molar-refractivity contribution in [1.82, 2.24) is 9.88 Å². The van der Waals surface area contributed by atoms with E-state index in [1.165, 1.54) is 12.8 Å².